The van der Waals surface area contributed by atoms with Crippen molar-refractivity contribution in [3.05, 3.63) is 69.5 Å². The normalized spacial score (nSPS) is 17.2. The van der Waals surface area contributed by atoms with Crippen molar-refractivity contribution >= 4 is 13.1 Å². The molecule has 26 heavy (non-hydrogen) atoms. The van der Waals surface area contributed by atoms with E-state index in [0.717, 1.165) is 37.3 Å². The Morgan fingerprint density at radius 1 is 1.12 bits per heavy atom. The molecule has 3 heterocycles. The number of benzene rings is 1. The molecule has 2 saturated heterocycles. The van der Waals surface area contributed by atoms with Gasteiger partial charge >= 0.3 is 0 Å². The van der Waals surface area contributed by atoms with Gasteiger partial charge in [0.05, 0.1) is 4.92 Å². The van der Waals surface area contributed by atoms with Crippen LogP contribution < -0.4 is 0 Å². The van der Waals surface area contributed by atoms with E-state index in [1.807, 2.05) is 18.2 Å². The van der Waals surface area contributed by atoms with Crippen LogP contribution >= 0.6 is 7.44 Å². The first-order chi connectivity index (χ1) is 12.6. The molecule has 0 aliphatic carbocycles. The summed E-state index contributed by atoms with van der Waals surface area (Å²) in [5.41, 5.74) is 2.73. The lowest BCUT2D eigenvalue weighted by atomic mass is 10.0. The quantitative estimate of drug-likeness (QED) is 0.307. The average molecular weight is 372 g/mol. The first kappa shape index (κ1) is 17.3. The summed E-state index contributed by atoms with van der Waals surface area (Å²) in [7, 11) is -2.40. The van der Waals surface area contributed by atoms with E-state index in [1.54, 1.807) is 24.5 Å². The van der Waals surface area contributed by atoms with Gasteiger partial charge in [0.2, 0.25) is 7.44 Å². The second-order valence-electron chi connectivity index (χ2n) is 6.80. The van der Waals surface area contributed by atoms with Crippen molar-refractivity contribution in [3.63, 3.8) is 0 Å². The van der Waals surface area contributed by atoms with Crippen LogP contribution in [-0.4, -0.2) is 51.6 Å². The zero-order valence-corrected chi connectivity index (χ0v) is 15.3. The van der Waals surface area contributed by atoms with E-state index < -0.39 is 7.44 Å². The van der Waals surface area contributed by atoms with Crippen LogP contribution in [0.2, 0.25) is 0 Å². The van der Waals surface area contributed by atoms with Gasteiger partial charge in [-0.1, -0.05) is 12.1 Å². The molecule has 136 valence electrons. The Labute approximate surface area is 152 Å². The smallest absolute Gasteiger partial charge is 0.272 e. The van der Waals surface area contributed by atoms with Gasteiger partial charge < -0.3 is 0 Å². The second-order valence-corrected chi connectivity index (χ2v) is 9.71. The molecule has 1 aromatic carbocycles. The maximum absolute atomic E-state index is 13.2. The molecule has 1 aromatic heterocycles. The van der Waals surface area contributed by atoms with Crippen LogP contribution in [0.1, 0.15) is 16.7 Å². The first-order valence-corrected chi connectivity index (χ1v) is 10.6. The molecule has 0 amide bonds. The molecule has 2 aliphatic heterocycles. The number of nitrogens with zero attached hydrogens (tertiary/aromatic N) is 4. The molecule has 2 fully saturated rings. The number of aryl methyl sites for hydroxylation is 1. The van der Waals surface area contributed by atoms with Crippen molar-refractivity contribution in [2.75, 3.05) is 32.3 Å². The molecule has 4 rings (SSSR count). The fourth-order valence-corrected chi connectivity index (χ4v) is 6.19. The summed E-state index contributed by atoms with van der Waals surface area (Å²) in [5.74, 6) is 0. The van der Waals surface area contributed by atoms with E-state index in [9.17, 15) is 14.7 Å². The summed E-state index contributed by atoms with van der Waals surface area (Å²) >= 11 is 0. The van der Waals surface area contributed by atoms with Gasteiger partial charge in [-0.3, -0.25) is 19.7 Å². The lowest BCUT2D eigenvalue weighted by molar-refractivity contribution is -0.385. The average Bonchev–Trinajstić information content (AvgIpc) is 3.52. The minimum absolute atomic E-state index is 0.123. The predicted octanol–water partition coefficient (Wildman–Crippen LogP) is 2.95. The fourth-order valence-electron chi connectivity index (χ4n) is 3.29. The zero-order chi connectivity index (χ0) is 18.1. The highest BCUT2D eigenvalue weighted by atomic mass is 31.2. The first-order valence-electron chi connectivity index (χ1n) is 8.81. The molecular formula is C18H21N4O3P. The Kier molecular flexibility index (Phi) is 4.61. The molecule has 0 unspecified atom stereocenters. The van der Waals surface area contributed by atoms with Crippen molar-refractivity contribution in [3.8, 4) is 0 Å². The van der Waals surface area contributed by atoms with Crippen LogP contribution in [0, 0.1) is 10.1 Å². The van der Waals surface area contributed by atoms with E-state index in [1.165, 1.54) is 0 Å². The summed E-state index contributed by atoms with van der Waals surface area (Å²) in [4.78, 5) is 15.1. The number of aromatic nitrogens is 1. The van der Waals surface area contributed by atoms with E-state index in [-0.39, 0.29) is 10.6 Å². The van der Waals surface area contributed by atoms with Crippen LogP contribution in [0.15, 0.2) is 42.7 Å². The molecule has 0 N–H and O–H groups in total. The third-order valence-electron chi connectivity index (χ3n) is 4.88. The fraction of sp³-hybridized carbons (Fsp3) is 0.389. The minimum Gasteiger partial charge on any atom is -0.289 e. The van der Waals surface area contributed by atoms with Crippen LogP contribution in [-0.2, 0) is 17.4 Å². The highest BCUT2D eigenvalue weighted by Crippen LogP contribution is 2.60. The van der Waals surface area contributed by atoms with Gasteiger partial charge in [-0.05, 0) is 29.7 Å². The Bertz CT molecular complexity index is 850. The molecule has 0 saturated carbocycles. The van der Waals surface area contributed by atoms with Crippen LogP contribution in [0.3, 0.4) is 0 Å². The maximum Gasteiger partial charge on any atom is 0.272 e. The highest BCUT2D eigenvalue weighted by Gasteiger charge is 2.46. The predicted molar refractivity (Wildman–Crippen MR) is 99.5 cm³/mol. The third-order valence-corrected chi connectivity index (χ3v) is 8.25. The Balaban J connectivity index is 1.54. The monoisotopic (exact) mass is 372 g/mol. The summed E-state index contributed by atoms with van der Waals surface area (Å²) in [6, 6.07) is 8.99. The van der Waals surface area contributed by atoms with E-state index in [0.29, 0.717) is 24.6 Å². The summed E-state index contributed by atoms with van der Waals surface area (Å²) in [5, 5.41) is 11.4. The number of nitro benzene ring substituents is 1. The molecule has 8 heteroatoms. The van der Waals surface area contributed by atoms with E-state index in [4.69, 9.17) is 0 Å². The lowest BCUT2D eigenvalue weighted by Crippen LogP contribution is -2.10. The second kappa shape index (κ2) is 6.91. The van der Waals surface area contributed by atoms with Crippen molar-refractivity contribution in [1.29, 1.82) is 0 Å². The summed E-state index contributed by atoms with van der Waals surface area (Å²) in [6.45, 7) is 3.67. The third kappa shape index (κ3) is 3.70. The number of nitro groups is 1. The number of rotatable bonds is 8. The molecule has 0 spiro atoms. The van der Waals surface area contributed by atoms with Crippen LogP contribution in [0.5, 0.6) is 0 Å². The van der Waals surface area contributed by atoms with Gasteiger partial charge in [0.15, 0.2) is 0 Å². The molecule has 0 bridgehead atoms. The molecule has 7 nitrogen and oxygen atoms in total. The number of pyridine rings is 1. The summed E-state index contributed by atoms with van der Waals surface area (Å²) < 4.78 is 17.3. The van der Waals surface area contributed by atoms with E-state index in [2.05, 4.69) is 14.3 Å². The van der Waals surface area contributed by atoms with Gasteiger partial charge in [-0.25, -0.2) is 9.34 Å². The SMILES string of the molecule is O=[N+]([O-])c1ccc(CCP(=O)(N2CC2)N2CC2)cc1Cc1cccnc1. The maximum atomic E-state index is 13.2. The Morgan fingerprint density at radius 3 is 2.42 bits per heavy atom. The molecule has 0 atom stereocenters. The van der Waals surface area contributed by atoms with E-state index >= 15 is 0 Å². The molecular weight excluding hydrogens is 351 g/mol. The summed E-state index contributed by atoms with van der Waals surface area (Å²) in [6.07, 6.45) is 5.16. The van der Waals surface area contributed by atoms with Gasteiger partial charge in [0, 0.05) is 62.8 Å². The van der Waals surface area contributed by atoms with Crippen molar-refractivity contribution in [2.45, 2.75) is 12.8 Å². The topological polar surface area (TPSA) is 79.1 Å². The molecule has 0 radical (unpaired) electrons. The number of hydrogen-bond acceptors (Lipinski definition) is 4. The van der Waals surface area contributed by atoms with Crippen molar-refractivity contribution in [2.24, 2.45) is 0 Å². The van der Waals surface area contributed by atoms with Gasteiger partial charge in [0.25, 0.3) is 5.69 Å². The number of hydrogen-bond donors (Lipinski definition) is 0. The van der Waals surface area contributed by atoms with Gasteiger partial charge in [-0.15, -0.1) is 0 Å². The molecule has 2 aromatic rings. The minimum atomic E-state index is -2.40. The lowest BCUT2D eigenvalue weighted by Gasteiger charge is -2.20. The highest BCUT2D eigenvalue weighted by molar-refractivity contribution is 7.59. The van der Waals surface area contributed by atoms with Crippen LogP contribution in [0.25, 0.3) is 0 Å². The Morgan fingerprint density at radius 2 is 1.85 bits per heavy atom. The van der Waals surface area contributed by atoms with Gasteiger partial charge in [-0.2, -0.15) is 0 Å². The largest absolute Gasteiger partial charge is 0.289 e. The van der Waals surface area contributed by atoms with Crippen LogP contribution in [0.4, 0.5) is 5.69 Å². The van der Waals surface area contributed by atoms with Crippen molar-refractivity contribution < 1.29 is 9.49 Å². The molecule has 2 aliphatic rings. The van der Waals surface area contributed by atoms with Crippen molar-refractivity contribution in [1.82, 2.24) is 14.3 Å². The standard InChI is InChI=1S/C18H21N4O3P/c23-22(24)18-4-3-15(12-17(18)13-16-2-1-6-19-14-16)5-11-26(25,20-7-8-20)21-9-10-21/h1-4,6,12,14H,5,7-11,13H2. The van der Waals surface area contributed by atoms with Gasteiger partial charge in [0.1, 0.15) is 0 Å². The zero-order valence-electron chi connectivity index (χ0n) is 14.5. The Hall–Kier alpha value is -2.08.